The molecule has 3 heterocycles. The van der Waals surface area contributed by atoms with Crippen LogP contribution in [0.3, 0.4) is 0 Å². The van der Waals surface area contributed by atoms with Crippen LogP contribution in [0, 0.1) is 0 Å². The molecule has 0 saturated carbocycles. The number of alkyl halides is 6. The van der Waals surface area contributed by atoms with Crippen LogP contribution in [0.25, 0.3) is 11.3 Å². The second kappa shape index (κ2) is 9.11. The van der Waals surface area contributed by atoms with Crippen molar-refractivity contribution in [3.63, 3.8) is 0 Å². The lowest BCUT2D eigenvalue weighted by molar-refractivity contribution is -0.275. The fraction of sp³-hybridized carbons (Fsp3) is 0.400. The summed E-state index contributed by atoms with van der Waals surface area (Å²) in [6, 6.07) is 13.4. The molecular formula is C25H23F6N3O2. The van der Waals surface area contributed by atoms with E-state index in [1.165, 1.54) is 12.1 Å². The van der Waals surface area contributed by atoms with E-state index in [9.17, 15) is 26.3 Å². The zero-order chi connectivity index (χ0) is 25.6. The van der Waals surface area contributed by atoms with E-state index in [0.29, 0.717) is 6.42 Å². The summed E-state index contributed by atoms with van der Waals surface area (Å²) in [7, 11) is 0. The van der Waals surface area contributed by atoms with Gasteiger partial charge < -0.3 is 19.8 Å². The average Bonchev–Trinajstić information content (AvgIpc) is 3.48. The second-order valence-electron chi connectivity index (χ2n) is 9.12. The number of nitrogens with one attached hydrogen (secondary N) is 2. The third-order valence-electron chi connectivity index (χ3n) is 6.78. The Morgan fingerprint density at radius 2 is 1.81 bits per heavy atom. The first-order valence-electron chi connectivity index (χ1n) is 11.5. The molecule has 0 bridgehead atoms. The molecule has 2 N–H and O–H groups in total. The topological polar surface area (TPSA) is 59.2 Å². The maximum atomic E-state index is 13.2. The largest absolute Gasteiger partial charge is 0.573 e. The molecule has 5 rings (SSSR count). The van der Waals surface area contributed by atoms with Gasteiger partial charge in [0.15, 0.2) is 0 Å². The van der Waals surface area contributed by atoms with Crippen molar-refractivity contribution >= 4 is 0 Å². The summed E-state index contributed by atoms with van der Waals surface area (Å²) in [5.41, 5.74) is 0.924. The summed E-state index contributed by atoms with van der Waals surface area (Å²) in [6.07, 6.45) is -6.60. The van der Waals surface area contributed by atoms with Gasteiger partial charge in [-0.05, 0) is 49.6 Å². The number of rotatable bonds is 4. The molecule has 5 nitrogen and oxygen atoms in total. The lowest BCUT2D eigenvalue weighted by atomic mass is 9.76. The third-order valence-corrected chi connectivity index (χ3v) is 6.78. The molecule has 0 aliphatic carbocycles. The molecule has 2 aliphatic heterocycles. The van der Waals surface area contributed by atoms with Gasteiger partial charge in [0.05, 0.1) is 30.1 Å². The maximum Gasteiger partial charge on any atom is 0.573 e. The smallest absolute Gasteiger partial charge is 0.405 e. The van der Waals surface area contributed by atoms with Crippen LogP contribution >= 0.6 is 0 Å². The molecular weight excluding hydrogens is 488 g/mol. The van der Waals surface area contributed by atoms with Crippen LogP contribution in [0.5, 0.6) is 5.75 Å². The van der Waals surface area contributed by atoms with Gasteiger partial charge in [0, 0.05) is 17.0 Å². The van der Waals surface area contributed by atoms with Crippen LogP contribution in [0.4, 0.5) is 26.3 Å². The Bertz CT molecular complexity index is 1210. The molecule has 11 heteroatoms. The molecule has 1 aromatic heterocycles. The predicted octanol–water partition coefficient (Wildman–Crippen LogP) is 6.36. The standard InChI is InChI=1S/C25H23F6N3O2/c26-24(27,28)22-33-13-19(34-22)16-7-8-20(36-25(29,30)31)18(11-16)17-12-23(35-14-17)9-4-10-32-21(23)15-5-2-1-3-6-15/h1-3,5-8,11,13,17,21,32H,4,9-10,12,14H2,(H,33,34)/t17-,21+,23-/m1/s1. The van der Waals surface area contributed by atoms with Gasteiger partial charge in [-0.15, -0.1) is 13.2 Å². The van der Waals surface area contributed by atoms with Crippen molar-refractivity contribution in [2.75, 3.05) is 13.2 Å². The Hall–Kier alpha value is -3.05. The van der Waals surface area contributed by atoms with Crippen LogP contribution in [0.15, 0.2) is 54.7 Å². The summed E-state index contributed by atoms with van der Waals surface area (Å²) in [5.74, 6) is -2.04. The highest BCUT2D eigenvalue weighted by atomic mass is 19.4. The molecule has 0 unspecified atom stereocenters. The molecule has 36 heavy (non-hydrogen) atoms. The van der Waals surface area contributed by atoms with Crippen molar-refractivity contribution < 1.29 is 35.8 Å². The van der Waals surface area contributed by atoms with Gasteiger partial charge in [-0.1, -0.05) is 30.3 Å². The van der Waals surface area contributed by atoms with Crippen molar-refractivity contribution in [2.24, 2.45) is 0 Å². The number of aromatic amines is 1. The van der Waals surface area contributed by atoms with E-state index in [-0.39, 0.29) is 29.5 Å². The molecule has 0 amide bonds. The molecule has 2 aliphatic rings. The van der Waals surface area contributed by atoms with Gasteiger partial charge in [-0.25, -0.2) is 4.98 Å². The predicted molar refractivity (Wildman–Crippen MR) is 118 cm³/mol. The van der Waals surface area contributed by atoms with Gasteiger partial charge in [-0.2, -0.15) is 13.2 Å². The molecule has 2 fully saturated rings. The minimum absolute atomic E-state index is 0.0391. The van der Waals surface area contributed by atoms with Crippen molar-refractivity contribution in [3.8, 4) is 17.0 Å². The minimum atomic E-state index is -4.93. The lowest BCUT2D eigenvalue weighted by Gasteiger charge is -2.41. The number of halogens is 6. The Morgan fingerprint density at radius 3 is 2.50 bits per heavy atom. The second-order valence-corrected chi connectivity index (χ2v) is 9.12. The number of piperidine rings is 1. The highest BCUT2D eigenvalue weighted by Crippen LogP contribution is 2.50. The fourth-order valence-corrected chi connectivity index (χ4v) is 5.27. The van der Waals surface area contributed by atoms with Crippen molar-refractivity contribution in [2.45, 2.75) is 49.4 Å². The van der Waals surface area contributed by atoms with Gasteiger partial charge in [0.1, 0.15) is 5.75 Å². The summed E-state index contributed by atoms with van der Waals surface area (Å²) >= 11 is 0. The van der Waals surface area contributed by atoms with Crippen molar-refractivity contribution in [3.05, 3.63) is 71.7 Å². The number of hydrogen-bond acceptors (Lipinski definition) is 4. The first-order valence-corrected chi connectivity index (χ1v) is 11.5. The molecule has 0 radical (unpaired) electrons. The zero-order valence-corrected chi connectivity index (χ0v) is 18.9. The van der Waals surface area contributed by atoms with Crippen LogP contribution < -0.4 is 10.1 Å². The Labute approximate surface area is 202 Å². The molecule has 2 aromatic carbocycles. The summed E-state index contributed by atoms with van der Waals surface area (Å²) < 4.78 is 89.2. The number of imidazole rings is 1. The average molecular weight is 511 g/mol. The fourth-order valence-electron chi connectivity index (χ4n) is 5.27. The molecule has 192 valence electrons. The Kier molecular flexibility index (Phi) is 6.24. The lowest BCUT2D eigenvalue weighted by Crippen LogP contribution is -2.48. The Balaban J connectivity index is 1.50. The summed E-state index contributed by atoms with van der Waals surface area (Å²) in [5, 5.41) is 3.49. The van der Waals surface area contributed by atoms with Gasteiger partial charge in [0.2, 0.25) is 5.82 Å². The minimum Gasteiger partial charge on any atom is -0.405 e. The third kappa shape index (κ3) is 4.94. The number of nitrogens with zero attached hydrogens (tertiary/aromatic N) is 1. The quantitative estimate of drug-likeness (QED) is 0.400. The van der Waals surface area contributed by atoms with Crippen LogP contribution in [-0.4, -0.2) is 35.1 Å². The molecule has 3 atom stereocenters. The van der Waals surface area contributed by atoms with Gasteiger partial charge in [-0.3, -0.25) is 0 Å². The highest BCUT2D eigenvalue weighted by molar-refractivity contribution is 5.62. The first-order chi connectivity index (χ1) is 17.0. The van der Waals surface area contributed by atoms with E-state index in [0.717, 1.165) is 37.2 Å². The number of aromatic nitrogens is 2. The SMILES string of the molecule is FC(F)(F)Oc1ccc(-c2cnc(C(F)(F)F)[nH]2)cc1[C@H]1CO[C@]2(CCCN[C@H]2c2ccccc2)C1. The van der Waals surface area contributed by atoms with Crippen molar-refractivity contribution in [1.82, 2.24) is 15.3 Å². The monoisotopic (exact) mass is 511 g/mol. The van der Waals surface area contributed by atoms with Crippen LogP contribution in [-0.2, 0) is 10.9 Å². The zero-order valence-electron chi connectivity index (χ0n) is 18.9. The van der Waals surface area contributed by atoms with Crippen LogP contribution in [0.1, 0.15) is 48.2 Å². The number of benzene rings is 2. The maximum absolute atomic E-state index is 13.2. The summed E-state index contributed by atoms with van der Waals surface area (Å²) in [4.78, 5) is 5.56. The summed E-state index contributed by atoms with van der Waals surface area (Å²) in [6.45, 7) is 0.939. The van der Waals surface area contributed by atoms with E-state index in [1.807, 2.05) is 30.3 Å². The first kappa shape index (κ1) is 24.6. The normalized spacial score (nSPS) is 24.8. The Morgan fingerprint density at radius 1 is 1.03 bits per heavy atom. The number of ether oxygens (including phenoxy) is 2. The molecule has 2 saturated heterocycles. The van der Waals surface area contributed by atoms with Crippen molar-refractivity contribution in [1.29, 1.82) is 0 Å². The number of H-pyrrole nitrogens is 1. The highest BCUT2D eigenvalue weighted by Gasteiger charge is 2.49. The molecule has 3 aromatic rings. The van der Waals surface area contributed by atoms with E-state index in [2.05, 4.69) is 20.0 Å². The number of hydrogen-bond donors (Lipinski definition) is 2. The van der Waals surface area contributed by atoms with Gasteiger partial charge >= 0.3 is 12.5 Å². The van der Waals surface area contributed by atoms with Gasteiger partial charge in [0.25, 0.3) is 0 Å². The molecule has 1 spiro atoms. The van der Waals surface area contributed by atoms with E-state index in [4.69, 9.17) is 4.74 Å². The van der Waals surface area contributed by atoms with Crippen LogP contribution in [0.2, 0.25) is 0 Å². The van der Waals surface area contributed by atoms with E-state index >= 15 is 0 Å². The van der Waals surface area contributed by atoms with E-state index < -0.39 is 35.6 Å². The van der Waals surface area contributed by atoms with E-state index in [1.54, 1.807) is 0 Å².